The summed E-state index contributed by atoms with van der Waals surface area (Å²) in [5.41, 5.74) is 0. The molecule has 1 unspecified atom stereocenters. The third kappa shape index (κ3) is 9.04. The van der Waals surface area contributed by atoms with Crippen LogP contribution in [0.5, 0.6) is 0 Å². The summed E-state index contributed by atoms with van der Waals surface area (Å²) in [6.07, 6.45) is 5.17. The molecule has 1 aliphatic heterocycles. The fourth-order valence-electron chi connectivity index (χ4n) is 1.59. The van der Waals surface area contributed by atoms with E-state index in [2.05, 4.69) is 31.1 Å². The van der Waals surface area contributed by atoms with Gasteiger partial charge in [0, 0.05) is 19.0 Å². The third-order valence-corrected chi connectivity index (χ3v) is 2.71. The maximum atomic E-state index is 11.7. The molecule has 1 heterocycles. The summed E-state index contributed by atoms with van der Waals surface area (Å²) < 4.78 is 5.77. The van der Waals surface area contributed by atoms with Crippen LogP contribution in [0.15, 0.2) is 22.0 Å². The first-order valence-corrected chi connectivity index (χ1v) is 7.74. The lowest BCUT2D eigenvalue weighted by atomic mass is 10.2. The van der Waals surface area contributed by atoms with Crippen LogP contribution in [0.2, 0.25) is 0 Å². The number of amides is 1. The average molecular weight is 384 g/mol. The summed E-state index contributed by atoms with van der Waals surface area (Å²) in [5.74, 6) is 0.117. The molecule has 0 bridgehead atoms. The van der Waals surface area contributed by atoms with E-state index in [1.807, 2.05) is 22.6 Å². The van der Waals surface area contributed by atoms with Gasteiger partial charge in [0.25, 0.3) is 5.91 Å². The number of rotatable bonds is 5. The largest absolute Gasteiger partial charge is 0.491 e. The highest BCUT2D eigenvalue weighted by Gasteiger charge is 2.16. The smallest absolute Gasteiger partial charge is 0.286 e. The Morgan fingerprint density at radius 1 is 1.63 bits per heavy atom. The number of halogens is 1. The van der Waals surface area contributed by atoms with E-state index in [9.17, 15) is 4.79 Å². The molecular formula is C14H29IN2O2. The number of nitrogens with one attached hydrogen (secondary N) is 2. The van der Waals surface area contributed by atoms with Gasteiger partial charge in [-0.05, 0) is 48.1 Å². The molecule has 0 saturated carbocycles. The molecule has 0 aromatic rings. The Morgan fingerprint density at radius 2 is 2.26 bits per heavy atom. The number of carbonyl (C=O) groups excluding carboxylic acids is 1. The van der Waals surface area contributed by atoms with E-state index in [1.54, 1.807) is 6.08 Å². The quantitative estimate of drug-likeness (QED) is 0.331. The Labute approximate surface area is 133 Å². The molecule has 0 aliphatic carbocycles. The number of methoxy groups -OCH3 is 1. The molecule has 0 spiro atoms. The second kappa shape index (κ2) is 11.3. The number of allylic oxidation sites excluding steroid dienone is 2. The van der Waals surface area contributed by atoms with Gasteiger partial charge in [0.1, 0.15) is 0 Å². The number of hydrogen-bond donors (Lipinski definition) is 2. The molecular weight excluding hydrogens is 355 g/mol. The highest BCUT2D eigenvalue weighted by Crippen LogP contribution is 2.09. The van der Waals surface area contributed by atoms with Crippen LogP contribution in [0.3, 0.4) is 0 Å². The van der Waals surface area contributed by atoms with E-state index < -0.39 is 0 Å². The molecule has 1 saturated heterocycles. The summed E-state index contributed by atoms with van der Waals surface area (Å²) in [6, 6.07) is 0.393. The van der Waals surface area contributed by atoms with Crippen LogP contribution in [0.25, 0.3) is 0 Å². The highest BCUT2D eigenvalue weighted by molar-refractivity contribution is 14.1. The molecule has 19 heavy (non-hydrogen) atoms. The van der Waals surface area contributed by atoms with Crippen LogP contribution in [-0.2, 0) is 9.53 Å². The molecule has 1 amide bonds. The Hall–Kier alpha value is -0.560. The van der Waals surface area contributed by atoms with Crippen molar-refractivity contribution in [1.29, 1.82) is 0 Å². The zero-order valence-corrected chi connectivity index (χ0v) is 14.2. The summed E-state index contributed by atoms with van der Waals surface area (Å²) in [5, 5.41) is 6.16. The van der Waals surface area contributed by atoms with Crippen LogP contribution in [-0.4, -0.2) is 32.1 Å². The monoisotopic (exact) mass is 384 g/mol. The van der Waals surface area contributed by atoms with Crippen molar-refractivity contribution in [2.24, 2.45) is 0 Å². The molecule has 1 atom stereocenters. The Morgan fingerprint density at radius 3 is 2.68 bits per heavy atom. The van der Waals surface area contributed by atoms with E-state index in [0.717, 1.165) is 16.5 Å². The lowest BCUT2D eigenvalue weighted by Crippen LogP contribution is -2.38. The number of hydrogen-bond acceptors (Lipinski definition) is 3. The minimum absolute atomic E-state index is 0. The molecule has 114 valence electrons. The summed E-state index contributed by atoms with van der Waals surface area (Å²) in [7, 11) is 1.48. The second-order valence-corrected chi connectivity index (χ2v) is 5.76. The van der Waals surface area contributed by atoms with Gasteiger partial charge in [0.15, 0.2) is 5.76 Å². The van der Waals surface area contributed by atoms with Gasteiger partial charge in [-0.25, -0.2) is 0 Å². The van der Waals surface area contributed by atoms with Gasteiger partial charge in [-0.3, -0.25) is 4.79 Å². The summed E-state index contributed by atoms with van der Waals surface area (Å²) in [6.45, 7) is 9.64. The molecule has 1 rings (SSSR count). The summed E-state index contributed by atoms with van der Waals surface area (Å²) >= 11 is 2.04. The Kier molecular flexibility index (Phi) is 10.9. The maximum absolute atomic E-state index is 11.7. The maximum Gasteiger partial charge on any atom is 0.286 e. The van der Waals surface area contributed by atoms with Gasteiger partial charge >= 0.3 is 0 Å². The van der Waals surface area contributed by atoms with Gasteiger partial charge in [0.05, 0.1) is 7.11 Å². The van der Waals surface area contributed by atoms with Crippen LogP contribution in [0.4, 0.5) is 0 Å². The van der Waals surface area contributed by atoms with Crippen LogP contribution in [0.1, 0.15) is 36.0 Å². The fourth-order valence-corrected chi connectivity index (χ4v) is 1.88. The molecule has 5 heteroatoms. The van der Waals surface area contributed by atoms with Gasteiger partial charge < -0.3 is 15.4 Å². The van der Waals surface area contributed by atoms with E-state index in [4.69, 9.17) is 4.74 Å². The van der Waals surface area contributed by atoms with Crippen molar-refractivity contribution < 1.29 is 12.4 Å². The molecule has 0 radical (unpaired) electrons. The average Bonchev–Trinajstić information content (AvgIpc) is 2.87. The Balaban J connectivity index is -0.000000596. The molecule has 1 aliphatic rings. The van der Waals surface area contributed by atoms with E-state index in [0.29, 0.717) is 18.3 Å². The first-order chi connectivity index (χ1) is 9.04. The van der Waals surface area contributed by atoms with E-state index >= 15 is 0 Å². The molecule has 0 aromatic heterocycles. The van der Waals surface area contributed by atoms with Crippen molar-refractivity contribution in [3.05, 3.63) is 22.0 Å². The first kappa shape index (κ1) is 18.4. The van der Waals surface area contributed by atoms with Crippen LogP contribution < -0.4 is 10.6 Å². The van der Waals surface area contributed by atoms with Gasteiger partial charge in [-0.2, -0.15) is 0 Å². The van der Waals surface area contributed by atoms with Crippen molar-refractivity contribution in [1.82, 2.24) is 10.6 Å². The molecule has 2 N–H and O–H groups in total. The predicted molar refractivity (Wildman–Crippen MR) is 92.5 cm³/mol. The standard InChI is InChI=1S/C11H17IN2O2.C3H8.2H2/c1-8(12)6-10(16-2)11(15)14-7-9-4-3-5-13-9;1-3-2;;/h6,9,13H,1,3-5,7H2,2H3,(H,14,15);3H2,1-2H3;2*1H/b10-6-;;;. The summed E-state index contributed by atoms with van der Waals surface area (Å²) in [4.78, 5) is 11.7. The zero-order chi connectivity index (χ0) is 14.7. The zero-order valence-electron chi connectivity index (χ0n) is 12.1. The lowest BCUT2D eigenvalue weighted by Gasteiger charge is -2.12. The van der Waals surface area contributed by atoms with Crippen LogP contribution >= 0.6 is 22.6 Å². The van der Waals surface area contributed by atoms with Gasteiger partial charge in [-0.15, -0.1) is 0 Å². The second-order valence-electron chi connectivity index (χ2n) is 4.37. The van der Waals surface area contributed by atoms with Crippen molar-refractivity contribution in [2.75, 3.05) is 20.2 Å². The normalized spacial score (nSPS) is 18.3. The van der Waals surface area contributed by atoms with Gasteiger partial charge in [0.2, 0.25) is 0 Å². The van der Waals surface area contributed by atoms with Crippen molar-refractivity contribution in [2.45, 2.75) is 39.2 Å². The van der Waals surface area contributed by atoms with Crippen LogP contribution in [0, 0.1) is 0 Å². The fraction of sp³-hybridized carbons (Fsp3) is 0.643. The van der Waals surface area contributed by atoms with E-state index in [-0.39, 0.29) is 8.76 Å². The van der Waals surface area contributed by atoms with Crippen molar-refractivity contribution in [3.63, 3.8) is 0 Å². The van der Waals surface area contributed by atoms with Crippen molar-refractivity contribution >= 4 is 28.5 Å². The molecule has 0 aromatic carbocycles. The number of ether oxygens (including phenoxy) is 1. The minimum atomic E-state index is -0.186. The number of carbonyl (C=O) groups is 1. The third-order valence-electron chi connectivity index (χ3n) is 2.40. The first-order valence-electron chi connectivity index (χ1n) is 6.66. The minimum Gasteiger partial charge on any atom is -0.491 e. The van der Waals surface area contributed by atoms with Crippen molar-refractivity contribution in [3.8, 4) is 0 Å². The molecule has 1 fully saturated rings. The highest BCUT2D eigenvalue weighted by atomic mass is 127. The topological polar surface area (TPSA) is 50.4 Å². The Bertz CT molecular complexity index is 320. The van der Waals surface area contributed by atoms with E-state index in [1.165, 1.54) is 20.0 Å². The SMILES string of the molecule is C=C(I)/C=C(\OC)C(=O)NCC1CCCN1.CCC.[HH].[HH]. The molecule has 4 nitrogen and oxygen atoms in total. The van der Waals surface area contributed by atoms with Gasteiger partial charge in [-0.1, -0.05) is 26.8 Å². The predicted octanol–water partition coefficient (Wildman–Crippen LogP) is 3.24. The lowest BCUT2D eigenvalue weighted by molar-refractivity contribution is -0.120.